The van der Waals surface area contributed by atoms with Gasteiger partial charge in [0.05, 0.1) is 17.3 Å². The zero-order valence-corrected chi connectivity index (χ0v) is 10.2. The Hall–Kier alpha value is -1.29. The van der Waals surface area contributed by atoms with Crippen molar-refractivity contribution in [2.45, 2.75) is 31.2 Å². The van der Waals surface area contributed by atoms with Gasteiger partial charge < -0.3 is 0 Å². The third kappa shape index (κ3) is 1.97. The zero-order chi connectivity index (χ0) is 12.5. The highest BCUT2D eigenvalue weighted by atomic mass is 19.1. The van der Waals surface area contributed by atoms with Crippen LogP contribution in [0.1, 0.15) is 36.0 Å². The summed E-state index contributed by atoms with van der Waals surface area (Å²) in [6, 6.07) is 1.47. The van der Waals surface area contributed by atoms with Crippen LogP contribution in [0.15, 0.2) is 18.5 Å². The molecule has 1 fully saturated rings. The van der Waals surface area contributed by atoms with E-state index in [1.165, 1.54) is 12.3 Å². The van der Waals surface area contributed by atoms with Crippen LogP contribution in [0.5, 0.6) is 0 Å². The fourth-order valence-electron chi connectivity index (χ4n) is 2.65. The number of aromatic nitrogens is 1. The average Bonchev–Trinajstić information content (AvgIpc) is 2.79. The Labute approximate surface area is 101 Å². The van der Waals surface area contributed by atoms with Crippen molar-refractivity contribution in [3.05, 3.63) is 29.8 Å². The van der Waals surface area contributed by atoms with E-state index in [2.05, 4.69) is 4.98 Å². The first-order valence-corrected chi connectivity index (χ1v) is 5.90. The number of pyridine rings is 1. The summed E-state index contributed by atoms with van der Waals surface area (Å²) in [7, 11) is 3.78. The number of hydrogen-bond acceptors (Lipinski definition) is 3. The van der Waals surface area contributed by atoms with Crippen LogP contribution in [0.25, 0.3) is 0 Å². The van der Waals surface area contributed by atoms with Crippen molar-refractivity contribution in [2.24, 2.45) is 0 Å². The molecule has 17 heavy (non-hydrogen) atoms. The molecule has 0 spiro atoms. The van der Waals surface area contributed by atoms with Gasteiger partial charge in [0.1, 0.15) is 0 Å². The second-order valence-corrected chi connectivity index (χ2v) is 4.82. The van der Waals surface area contributed by atoms with Gasteiger partial charge in [-0.3, -0.25) is 14.7 Å². The Morgan fingerprint density at radius 2 is 2.06 bits per heavy atom. The topological polar surface area (TPSA) is 33.2 Å². The summed E-state index contributed by atoms with van der Waals surface area (Å²) in [4.78, 5) is 18.1. The Bertz CT molecular complexity index is 425. The molecular weight excluding hydrogens is 219 g/mol. The minimum atomic E-state index is -0.526. The highest BCUT2D eigenvalue weighted by molar-refractivity contribution is 6.03. The summed E-state index contributed by atoms with van der Waals surface area (Å²) in [5, 5.41) is 0. The summed E-state index contributed by atoms with van der Waals surface area (Å²) in [5.74, 6) is -0.634. The molecule has 0 aromatic carbocycles. The lowest BCUT2D eigenvalue weighted by atomic mass is 9.86. The van der Waals surface area contributed by atoms with Crippen LogP contribution >= 0.6 is 0 Å². The van der Waals surface area contributed by atoms with Crippen molar-refractivity contribution in [3.63, 3.8) is 0 Å². The van der Waals surface area contributed by atoms with E-state index in [1.807, 2.05) is 19.0 Å². The molecule has 0 aliphatic heterocycles. The Balaban J connectivity index is 2.39. The van der Waals surface area contributed by atoms with Crippen LogP contribution in [0.4, 0.5) is 4.39 Å². The van der Waals surface area contributed by atoms with Crippen LogP contribution in [0.3, 0.4) is 0 Å². The largest absolute Gasteiger partial charge is 0.297 e. The number of carbonyl (C=O) groups excluding carboxylic acids is 1. The highest BCUT2D eigenvalue weighted by Gasteiger charge is 2.44. The number of hydrogen-bond donors (Lipinski definition) is 0. The first-order valence-electron chi connectivity index (χ1n) is 5.90. The smallest absolute Gasteiger partial charge is 0.186 e. The molecule has 0 unspecified atom stereocenters. The van der Waals surface area contributed by atoms with Gasteiger partial charge in [0.25, 0.3) is 0 Å². The summed E-state index contributed by atoms with van der Waals surface area (Å²) in [6.07, 6.45) is 6.23. The third-order valence-electron chi connectivity index (χ3n) is 3.73. The van der Waals surface area contributed by atoms with Crippen molar-refractivity contribution in [2.75, 3.05) is 14.1 Å². The van der Waals surface area contributed by atoms with Crippen molar-refractivity contribution in [3.8, 4) is 0 Å². The molecule has 2 rings (SSSR count). The maximum Gasteiger partial charge on any atom is 0.186 e. The number of carbonyl (C=O) groups is 1. The normalized spacial score (nSPS) is 18.6. The number of nitrogens with zero attached hydrogens (tertiary/aromatic N) is 2. The van der Waals surface area contributed by atoms with E-state index in [4.69, 9.17) is 0 Å². The van der Waals surface area contributed by atoms with E-state index in [1.54, 1.807) is 0 Å². The summed E-state index contributed by atoms with van der Waals surface area (Å²) >= 11 is 0. The zero-order valence-electron chi connectivity index (χ0n) is 10.2. The Morgan fingerprint density at radius 3 is 2.59 bits per heavy atom. The van der Waals surface area contributed by atoms with Gasteiger partial charge in [0.2, 0.25) is 0 Å². The maximum atomic E-state index is 13.6. The lowest BCUT2D eigenvalue weighted by molar-refractivity contribution is 0.0688. The highest BCUT2D eigenvalue weighted by Crippen LogP contribution is 2.36. The van der Waals surface area contributed by atoms with Gasteiger partial charge in [-0.2, -0.15) is 0 Å². The predicted octanol–water partition coefficient (Wildman–Crippen LogP) is 2.28. The average molecular weight is 236 g/mol. The molecule has 0 bridgehead atoms. The van der Waals surface area contributed by atoms with Gasteiger partial charge in [0.15, 0.2) is 11.6 Å². The fraction of sp³-hybridized carbons (Fsp3) is 0.538. The number of rotatable bonds is 3. The van der Waals surface area contributed by atoms with Crippen molar-refractivity contribution < 1.29 is 9.18 Å². The van der Waals surface area contributed by atoms with Crippen molar-refractivity contribution in [1.29, 1.82) is 0 Å². The van der Waals surface area contributed by atoms with Crippen LogP contribution in [0, 0.1) is 5.82 Å². The minimum Gasteiger partial charge on any atom is -0.297 e. The van der Waals surface area contributed by atoms with E-state index >= 15 is 0 Å². The molecule has 0 saturated heterocycles. The van der Waals surface area contributed by atoms with Crippen LogP contribution < -0.4 is 0 Å². The lowest BCUT2D eigenvalue weighted by Crippen LogP contribution is -2.49. The Kier molecular flexibility index (Phi) is 3.24. The quantitative estimate of drug-likeness (QED) is 0.755. The Morgan fingerprint density at radius 1 is 1.41 bits per heavy atom. The SMILES string of the molecule is CN(C)C1(C(=O)c2ccncc2F)CCCC1. The van der Waals surface area contributed by atoms with Crippen LogP contribution in [0.2, 0.25) is 0 Å². The first-order chi connectivity index (χ1) is 8.08. The second kappa shape index (κ2) is 4.53. The van der Waals surface area contributed by atoms with Crippen LogP contribution in [-0.2, 0) is 0 Å². The molecule has 4 heteroatoms. The number of halogens is 1. The van der Waals surface area contributed by atoms with E-state index in [0.717, 1.165) is 31.9 Å². The molecule has 1 aliphatic carbocycles. The molecule has 1 aliphatic rings. The summed E-state index contributed by atoms with van der Waals surface area (Å²) in [6.45, 7) is 0. The van der Waals surface area contributed by atoms with Gasteiger partial charge >= 0.3 is 0 Å². The summed E-state index contributed by atoms with van der Waals surface area (Å²) < 4.78 is 13.6. The molecular formula is C13H17FN2O. The first kappa shape index (κ1) is 12.2. The molecule has 92 valence electrons. The second-order valence-electron chi connectivity index (χ2n) is 4.82. The minimum absolute atomic E-state index is 0.111. The molecule has 0 amide bonds. The van der Waals surface area contributed by atoms with Crippen molar-refractivity contribution >= 4 is 5.78 Å². The molecule has 1 heterocycles. The third-order valence-corrected chi connectivity index (χ3v) is 3.73. The molecule has 0 atom stereocenters. The van der Waals surface area contributed by atoms with Gasteiger partial charge in [-0.1, -0.05) is 12.8 Å². The van der Waals surface area contributed by atoms with Gasteiger partial charge in [-0.15, -0.1) is 0 Å². The molecule has 0 radical (unpaired) electrons. The van der Waals surface area contributed by atoms with E-state index in [0.29, 0.717) is 0 Å². The molecule has 3 nitrogen and oxygen atoms in total. The van der Waals surface area contributed by atoms with Gasteiger partial charge in [-0.25, -0.2) is 4.39 Å². The number of ketones is 1. The lowest BCUT2D eigenvalue weighted by Gasteiger charge is -2.34. The van der Waals surface area contributed by atoms with Crippen molar-refractivity contribution in [1.82, 2.24) is 9.88 Å². The molecule has 0 N–H and O–H groups in total. The standard InChI is InChI=1S/C13H17FN2O/c1-16(2)13(6-3-4-7-13)12(17)10-5-8-15-9-11(10)14/h5,8-9H,3-4,6-7H2,1-2H3. The summed E-state index contributed by atoms with van der Waals surface area (Å²) in [5.41, 5.74) is -0.363. The van der Waals surface area contributed by atoms with Gasteiger partial charge in [-0.05, 0) is 33.0 Å². The van der Waals surface area contributed by atoms with Gasteiger partial charge in [0, 0.05) is 6.20 Å². The van der Waals surface area contributed by atoms with Crippen LogP contribution in [-0.4, -0.2) is 35.3 Å². The van der Waals surface area contributed by atoms with E-state index in [-0.39, 0.29) is 11.3 Å². The molecule has 1 aromatic heterocycles. The molecule has 1 saturated carbocycles. The number of Topliss-reactive ketones (excluding diaryl/α,β-unsaturated/α-hetero) is 1. The number of likely N-dealkylation sites (N-methyl/N-ethyl adjacent to an activating group) is 1. The fourth-order valence-corrected chi connectivity index (χ4v) is 2.65. The van der Waals surface area contributed by atoms with E-state index in [9.17, 15) is 9.18 Å². The predicted molar refractivity (Wildman–Crippen MR) is 63.4 cm³/mol. The monoisotopic (exact) mass is 236 g/mol. The maximum absolute atomic E-state index is 13.6. The molecule has 1 aromatic rings. The van der Waals surface area contributed by atoms with E-state index < -0.39 is 11.4 Å².